The van der Waals surface area contributed by atoms with Crippen molar-refractivity contribution in [2.24, 2.45) is 0 Å². The van der Waals surface area contributed by atoms with Crippen LogP contribution in [0.4, 0.5) is 8.78 Å². The van der Waals surface area contributed by atoms with Crippen LogP contribution in [0.25, 0.3) is 27.9 Å². The van der Waals surface area contributed by atoms with Gasteiger partial charge in [0.15, 0.2) is 11.4 Å². The Morgan fingerprint density at radius 1 is 1.18 bits per heavy atom. The monoisotopic (exact) mass is 474 g/mol. The van der Waals surface area contributed by atoms with Crippen LogP contribution >= 0.6 is 0 Å². The largest absolute Gasteiger partial charge is 0.354 e. The van der Waals surface area contributed by atoms with Crippen molar-refractivity contribution in [3.05, 3.63) is 69.9 Å². The van der Waals surface area contributed by atoms with Gasteiger partial charge in [-0.3, -0.25) is 4.57 Å². The van der Waals surface area contributed by atoms with Crippen molar-refractivity contribution in [1.82, 2.24) is 19.0 Å². The fraction of sp³-hybridized carbons (Fsp3) is 0.273. The number of hydrogen-bond acceptors (Lipinski definition) is 5. The van der Waals surface area contributed by atoms with Crippen LogP contribution in [0.1, 0.15) is 18.3 Å². The SMILES string of the molecule is CCS(=O)(=O)N[C@H]1Cc2c(C)n(-c3noc4cccc(-c5c(F)cccc5F)c34)c(=O)n2C1. The van der Waals surface area contributed by atoms with Crippen LogP contribution in [0.2, 0.25) is 0 Å². The topological polar surface area (TPSA) is 99.1 Å². The number of halogens is 2. The normalized spacial score (nSPS) is 15.9. The van der Waals surface area contributed by atoms with Crippen molar-refractivity contribution in [3.8, 4) is 16.9 Å². The average Bonchev–Trinajstić information content (AvgIpc) is 3.43. The van der Waals surface area contributed by atoms with Crippen molar-refractivity contribution in [2.45, 2.75) is 32.9 Å². The Balaban J connectivity index is 1.66. The van der Waals surface area contributed by atoms with E-state index >= 15 is 0 Å². The van der Waals surface area contributed by atoms with Crippen LogP contribution in [0, 0.1) is 18.6 Å². The number of aromatic nitrogens is 3. The molecule has 2 aromatic carbocycles. The van der Waals surface area contributed by atoms with E-state index in [0.717, 1.165) is 12.1 Å². The Morgan fingerprint density at radius 3 is 2.55 bits per heavy atom. The van der Waals surface area contributed by atoms with E-state index in [-0.39, 0.29) is 34.8 Å². The summed E-state index contributed by atoms with van der Waals surface area (Å²) in [6.07, 6.45) is 0.331. The smallest absolute Gasteiger partial charge is 0.334 e. The summed E-state index contributed by atoms with van der Waals surface area (Å²) in [5, 5.41) is 4.36. The van der Waals surface area contributed by atoms with Gasteiger partial charge in [0.25, 0.3) is 0 Å². The van der Waals surface area contributed by atoms with Gasteiger partial charge in [-0.2, -0.15) is 0 Å². The third kappa shape index (κ3) is 3.39. The van der Waals surface area contributed by atoms with Crippen molar-refractivity contribution < 1.29 is 21.7 Å². The van der Waals surface area contributed by atoms with E-state index < -0.39 is 33.4 Å². The molecule has 33 heavy (non-hydrogen) atoms. The molecule has 5 rings (SSSR count). The van der Waals surface area contributed by atoms with E-state index in [4.69, 9.17) is 4.52 Å². The fourth-order valence-corrected chi connectivity index (χ4v) is 5.26. The molecule has 11 heteroatoms. The molecular weight excluding hydrogens is 454 g/mol. The Hall–Kier alpha value is -3.31. The van der Waals surface area contributed by atoms with Gasteiger partial charge in [0.1, 0.15) is 11.6 Å². The molecule has 0 bridgehead atoms. The second-order valence-corrected chi connectivity index (χ2v) is 10.0. The molecule has 8 nitrogen and oxygen atoms in total. The lowest BCUT2D eigenvalue weighted by molar-refractivity contribution is 0.450. The van der Waals surface area contributed by atoms with E-state index in [1.807, 2.05) is 0 Å². The van der Waals surface area contributed by atoms with Gasteiger partial charge in [-0.15, -0.1) is 0 Å². The van der Waals surface area contributed by atoms with Crippen molar-refractivity contribution in [1.29, 1.82) is 0 Å². The molecule has 0 fully saturated rings. The second-order valence-electron chi connectivity index (χ2n) is 7.96. The summed E-state index contributed by atoms with van der Waals surface area (Å²) >= 11 is 0. The quantitative estimate of drug-likeness (QED) is 0.480. The fourth-order valence-electron chi connectivity index (χ4n) is 4.43. The molecule has 1 aliphatic heterocycles. The molecule has 2 aromatic heterocycles. The Bertz CT molecular complexity index is 1550. The zero-order chi connectivity index (χ0) is 23.5. The molecular formula is C22H20F2N4O4S. The highest BCUT2D eigenvalue weighted by molar-refractivity contribution is 7.89. The highest BCUT2D eigenvalue weighted by atomic mass is 32.2. The maximum atomic E-state index is 14.6. The molecule has 0 radical (unpaired) electrons. The third-order valence-corrected chi connectivity index (χ3v) is 7.45. The zero-order valence-electron chi connectivity index (χ0n) is 17.8. The summed E-state index contributed by atoms with van der Waals surface area (Å²) in [6, 6.07) is 7.91. The molecule has 0 saturated heterocycles. The molecule has 4 aromatic rings. The molecule has 0 amide bonds. The maximum absolute atomic E-state index is 14.6. The predicted molar refractivity (Wildman–Crippen MR) is 118 cm³/mol. The molecule has 0 saturated carbocycles. The van der Waals surface area contributed by atoms with Gasteiger partial charge in [0.2, 0.25) is 10.0 Å². The van der Waals surface area contributed by atoms with Gasteiger partial charge < -0.3 is 4.52 Å². The summed E-state index contributed by atoms with van der Waals surface area (Å²) in [7, 11) is -3.42. The summed E-state index contributed by atoms with van der Waals surface area (Å²) in [4.78, 5) is 13.3. The highest BCUT2D eigenvalue weighted by Gasteiger charge is 2.32. The summed E-state index contributed by atoms with van der Waals surface area (Å²) < 4.78 is 63.9. The zero-order valence-corrected chi connectivity index (χ0v) is 18.6. The van der Waals surface area contributed by atoms with Crippen LogP contribution in [0.5, 0.6) is 0 Å². The van der Waals surface area contributed by atoms with Crippen LogP contribution in [0.15, 0.2) is 45.7 Å². The van der Waals surface area contributed by atoms with Crippen LogP contribution < -0.4 is 10.4 Å². The van der Waals surface area contributed by atoms with Gasteiger partial charge >= 0.3 is 5.69 Å². The molecule has 0 aliphatic carbocycles. The minimum atomic E-state index is -3.42. The number of hydrogen-bond donors (Lipinski definition) is 1. The van der Waals surface area contributed by atoms with E-state index in [9.17, 15) is 22.0 Å². The van der Waals surface area contributed by atoms with Crippen LogP contribution in [-0.2, 0) is 23.0 Å². The summed E-state index contributed by atoms with van der Waals surface area (Å²) in [5.74, 6) is -1.42. The minimum Gasteiger partial charge on any atom is -0.354 e. The summed E-state index contributed by atoms with van der Waals surface area (Å²) in [5.41, 5.74) is 1.03. The van der Waals surface area contributed by atoms with Crippen LogP contribution in [-0.4, -0.2) is 34.5 Å². The number of rotatable bonds is 5. The number of sulfonamides is 1. The average molecular weight is 474 g/mol. The van der Waals surface area contributed by atoms with Gasteiger partial charge in [-0.1, -0.05) is 23.4 Å². The van der Waals surface area contributed by atoms with Crippen molar-refractivity contribution in [3.63, 3.8) is 0 Å². The lowest BCUT2D eigenvalue weighted by Crippen LogP contribution is -2.38. The van der Waals surface area contributed by atoms with Crippen molar-refractivity contribution in [2.75, 3.05) is 5.75 Å². The molecule has 1 N–H and O–H groups in total. The molecule has 1 aliphatic rings. The predicted octanol–water partition coefficient (Wildman–Crippen LogP) is 2.90. The first-order chi connectivity index (χ1) is 15.7. The van der Waals surface area contributed by atoms with Gasteiger partial charge in [0.05, 0.1) is 16.7 Å². The van der Waals surface area contributed by atoms with E-state index in [0.29, 0.717) is 23.2 Å². The van der Waals surface area contributed by atoms with Crippen molar-refractivity contribution >= 4 is 21.0 Å². The minimum absolute atomic E-state index is 0.0537. The van der Waals surface area contributed by atoms with Crippen LogP contribution in [0.3, 0.4) is 0 Å². The first-order valence-corrected chi connectivity index (χ1v) is 12.0. The molecule has 1 atom stereocenters. The third-order valence-electron chi connectivity index (χ3n) is 5.99. The Labute approximate surface area is 187 Å². The number of imidazole rings is 1. The van der Waals surface area contributed by atoms with Gasteiger partial charge in [-0.05, 0) is 32.0 Å². The van der Waals surface area contributed by atoms with Gasteiger partial charge in [0, 0.05) is 36.0 Å². The van der Waals surface area contributed by atoms with E-state index in [2.05, 4.69) is 9.88 Å². The van der Waals surface area contributed by atoms with Gasteiger partial charge in [-0.25, -0.2) is 31.3 Å². The first kappa shape index (κ1) is 21.5. The first-order valence-electron chi connectivity index (χ1n) is 10.4. The number of benzene rings is 2. The molecule has 0 unspecified atom stereocenters. The molecule has 172 valence electrons. The maximum Gasteiger partial charge on any atom is 0.334 e. The standard InChI is InChI=1S/C22H20F2N4O4S/c1-3-33(30,31)26-13-10-17-12(2)28(22(29)27(17)11-13)21-20-14(6-4-9-18(20)32-25-21)19-15(23)7-5-8-16(19)24/h4-9,13,26H,3,10-11H2,1-2H3/t13-/m0/s1. The molecule has 0 spiro atoms. The number of nitrogens with zero attached hydrogens (tertiary/aromatic N) is 3. The lowest BCUT2D eigenvalue weighted by atomic mass is 10.0. The summed E-state index contributed by atoms with van der Waals surface area (Å²) in [6.45, 7) is 3.43. The Morgan fingerprint density at radius 2 is 1.88 bits per heavy atom. The molecule has 3 heterocycles. The number of nitrogens with one attached hydrogen (secondary N) is 1. The van der Waals surface area contributed by atoms with E-state index in [1.54, 1.807) is 32.0 Å². The number of fused-ring (bicyclic) bond motifs is 2. The lowest BCUT2D eigenvalue weighted by Gasteiger charge is -2.12. The Kier molecular flexibility index (Phi) is 4.98. The highest BCUT2D eigenvalue weighted by Crippen LogP contribution is 2.36. The second kappa shape index (κ2) is 7.63. The van der Waals surface area contributed by atoms with E-state index in [1.165, 1.54) is 15.2 Å².